The van der Waals surface area contributed by atoms with Crippen LogP contribution in [0.5, 0.6) is 11.5 Å². The number of phenolic OH excluding ortho intramolecular Hbond substituents is 1. The zero-order chi connectivity index (χ0) is 15.6. The van der Waals surface area contributed by atoms with E-state index in [0.717, 1.165) is 0 Å². The second-order valence-corrected chi connectivity index (χ2v) is 5.03. The largest absolute Gasteiger partial charge is 0.508 e. The topological polar surface area (TPSA) is 120 Å². The fourth-order valence-electron chi connectivity index (χ4n) is 2.37. The number of hydrogen-bond acceptors (Lipinski definition) is 7. The first-order valence-electron chi connectivity index (χ1n) is 6.74. The van der Waals surface area contributed by atoms with E-state index in [4.69, 9.17) is 9.47 Å². The van der Waals surface area contributed by atoms with Crippen LogP contribution in [0.4, 0.5) is 0 Å². The van der Waals surface area contributed by atoms with Crippen LogP contribution in [0.25, 0.3) is 0 Å². The molecule has 0 aromatic heterocycles. The van der Waals surface area contributed by atoms with Crippen molar-refractivity contribution < 1.29 is 35.0 Å². The number of aliphatic hydroxyl groups is 4. The third-order valence-corrected chi connectivity index (χ3v) is 3.66. The monoisotopic (exact) mass is 300 g/mol. The second-order valence-electron chi connectivity index (χ2n) is 5.03. The predicted molar refractivity (Wildman–Crippen MR) is 71.7 cm³/mol. The van der Waals surface area contributed by atoms with Crippen LogP contribution < -0.4 is 4.74 Å². The Morgan fingerprint density at radius 3 is 2.29 bits per heavy atom. The molecule has 1 aromatic rings. The third-order valence-electron chi connectivity index (χ3n) is 3.66. The molecule has 1 aliphatic heterocycles. The lowest BCUT2D eigenvalue weighted by Crippen LogP contribution is -2.67. The number of benzene rings is 1. The Morgan fingerprint density at radius 2 is 1.76 bits per heavy atom. The zero-order valence-corrected chi connectivity index (χ0v) is 11.6. The minimum Gasteiger partial charge on any atom is -0.508 e. The summed E-state index contributed by atoms with van der Waals surface area (Å²) in [5.41, 5.74) is 0. The Hall–Kier alpha value is -1.38. The Labute approximate surface area is 122 Å². The average Bonchev–Trinajstić information content (AvgIpc) is 2.50. The number of hydrogen-bond donors (Lipinski definition) is 5. The van der Waals surface area contributed by atoms with Crippen molar-refractivity contribution >= 4 is 0 Å². The fraction of sp³-hybridized carbons (Fsp3) is 0.571. The van der Waals surface area contributed by atoms with Gasteiger partial charge in [-0.15, -0.1) is 0 Å². The summed E-state index contributed by atoms with van der Waals surface area (Å²) in [7, 11) is 0. The Kier molecular flexibility index (Phi) is 4.70. The van der Waals surface area contributed by atoms with Gasteiger partial charge in [0, 0.05) is 6.42 Å². The zero-order valence-electron chi connectivity index (χ0n) is 11.6. The first-order valence-corrected chi connectivity index (χ1v) is 6.74. The van der Waals surface area contributed by atoms with Gasteiger partial charge >= 0.3 is 0 Å². The highest BCUT2D eigenvalue weighted by molar-refractivity contribution is 5.30. The van der Waals surface area contributed by atoms with E-state index < -0.39 is 36.8 Å². The maximum atomic E-state index is 10.2. The van der Waals surface area contributed by atoms with Gasteiger partial charge in [-0.25, -0.2) is 0 Å². The van der Waals surface area contributed by atoms with E-state index in [2.05, 4.69) is 0 Å². The lowest BCUT2D eigenvalue weighted by Gasteiger charge is -2.47. The van der Waals surface area contributed by atoms with Crippen molar-refractivity contribution in [3.63, 3.8) is 0 Å². The summed E-state index contributed by atoms with van der Waals surface area (Å²) >= 11 is 0. The first-order chi connectivity index (χ1) is 9.93. The molecule has 5 N–H and O–H groups in total. The maximum absolute atomic E-state index is 10.2. The molecule has 1 saturated heterocycles. The molecule has 1 aliphatic rings. The molecule has 7 heteroatoms. The summed E-state index contributed by atoms with van der Waals surface area (Å²) < 4.78 is 11.2. The maximum Gasteiger partial charge on any atom is 0.239 e. The molecular formula is C14H20O7. The molecule has 0 aliphatic carbocycles. The van der Waals surface area contributed by atoms with Crippen LogP contribution >= 0.6 is 0 Å². The molecule has 0 radical (unpaired) electrons. The van der Waals surface area contributed by atoms with E-state index in [1.54, 1.807) is 6.92 Å². The predicted octanol–water partition coefficient (Wildman–Crippen LogP) is -0.649. The van der Waals surface area contributed by atoms with Crippen LogP contribution in [-0.4, -0.2) is 62.3 Å². The van der Waals surface area contributed by atoms with Gasteiger partial charge in [0.05, 0.1) is 6.61 Å². The fourth-order valence-corrected chi connectivity index (χ4v) is 2.37. The van der Waals surface area contributed by atoms with Crippen molar-refractivity contribution in [1.82, 2.24) is 0 Å². The van der Waals surface area contributed by atoms with Gasteiger partial charge in [0.1, 0.15) is 35.9 Å². The van der Waals surface area contributed by atoms with Gasteiger partial charge in [0.15, 0.2) is 0 Å². The molecule has 21 heavy (non-hydrogen) atoms. The number of aliphatic hydroxyl groups excluding tert-OH is 4. The summed E-state index contributed by atoms with van der Waals surface area (Å²) in [6.07, 6.45) is -5.30. The lowest BCUT2D eigenvalue weighted by molar-refractivity contribution is -0.338. The number of rotatable bonds is 4. The molecule has 0 saturated carbocycles. The third kappa shape index (κ3) is 2.97. The van der Waals surface area contributed by atoms with Crippen molar-refractivity contribution in [2.24, 2.45) is 0 Å². The van der Waals surface area contributed by atoms with Crippen molar-refractivity contribution in [2.45, 2.75) is 43.5 Å². The molecular weight excluding hydrogens is 280 g/mol. The summed E-state index contributed by atoms with van der Waals surface area (Å²) in [5, 5.41) is 48.4. The van der Waals surface area contributed by atoms with Crippen LogP contribution in [0.2, 0.25) is 0 Å². The van der Waals surface area contributed by atoms with E-state index in [1.165, 1.54) is 24.3 Å². The highest BCUT2D eigenvalue weighted by Crippen LogP contribution is 2.35. The summed E-state index contributed by atoms with van der Waals surface area (Å²) in [4.78, 5) is 0. The quantitative estimate of drug-likeness (QED) is 0.501. The normalized spacial score (nSPS) is 36.4. The molecule has 0 amide bonds. The molecule has 118 valence electrons. The Bertz CT molecular complexity index is 461. The van der Waals surface area contributed by atoms with E-state index in [0.29, 0.717) is 5.75 Å². The van der Waals surface area contributed by atoms with E-state index >= 15 is 0 Å². The number of ether oxygens (including phenoxy) is 2. The van der Waals surface area contributed by atoms with Crippen LogP contribution in [0.3, 0.4) is 0 Å². The van der Waals surface area contributed by atoms with Crippen LogP contribution in [0, 0.1) is 0 Å². The smallest absolute Gasteiger partial charge is 0.239 e. The van der Waals surface area contributed by atoms with E-state index in [-0.39, 0.29) is 12.2 Å². The highest BCUT2D eigenvalue weighted by atomic mass is 16.7. The Morgan fingerprint density at radius 1 is 1.14 bits per heavy atom. The molecule has 0 unspecified atom stereocenters. The molecule has 0 spiro atoms. The minimum atomic E-state index is -1.59. The van der Waals surface area contributed by atoms with E-state index in [9.17, 15) is 25.5 Å². The summed E-state index contributed by atoms with van der Waals surface area (Å²) in [6.45, 7) is 1.16. The standard InChI is InChI=1S/C14H20O7/c1-2-14(20-9-5-3-8(16)4-6-9)13(19)12(18)11(17)10(7-15)21-14/h3-6,10-13,15-19H,2,7H2,1H3/t10-,11-,12+,13-,14-/m1/s1. The Balaban J connectivity index is 2.27. The lowest BCUT2D eigenvalue weighted by atomic mass is 9.91. The van der Waals surface area contributed by atoms with Crippen molar-refractivity contribution in [3.05, 3.63) is 24.3 Å². The van der Waals surface area contributed by atoms with Gasteiger partial charge in [0.25, 0.3) is 0 Å². The van der Waals surface area contributed by atoms with Gasteiger partial charge in [-0.3, -0.25) is 0 Å². The molecule has 5 atom stereocenters. The van der Waals surface area contributed by atoms with Gasteiger partial charge in [-0.1, -0.05) is 6.92 Å². The van der Waals surface area contributed by atoms with Crippen LogP contribution in [0.15, 0.2) is 24.3 Å². The second kappa shape index (κ2) is 6.17. The molecule has 1 fully saturated rings. The molecule has 2 rings (SSSR count). The minimum absolute atomic E-state index is 0.0571. The summed E-state index contributed by atoms with van der Waals surface area (Å²) in [6, 6.07) is 5.77. The van der Waals surface area contributed by atoms with Gasteiger partial charge in [-0.05, 0) is 24.3 Å². The molecule has 0 bridgehead atoms. The highest BCUT2D eigenvalue weighted by Gasteiger charge is 2.54. The van der Waals surface area contributed by atoms with Crippen molar-refractivity contribution in [3.8, 4) is 11.5 Å². The molecule has 7 nitrogen and oxygen atoms in total. The average molecular weight is 300 g/mol. The summed E-state index contributed by atoms with van der Waals surface area (Å²) in [5.74, 6) is -1.22. The van der Waals surface area contributed by atoms with Gasteiger partial charge in [-0.2, -0.15) is 0 Å². The van der Waals surface area contributed by atoms with Crippen LogP contribution in [-0.2, 0) is 4.74 Å². The van der Waals surface area contributed by atoms with Gasteiger partial charge in [0.2, 0.25) is 5.79 Å². The number of phenols is 1. The SMILES string of the molecule is CC[C@@]1(Oc2ccc(O)cc2)O[C@H](CO)[C@@H](O)[C@H](O)[C@H]1O. The van der Waals surface area contributed by atoms with Gasteiger partial charge < -0.3 is 35.0 Å². The first kappa shape index (κ1) is 16.0. The molecule has 1 heterocycles. The van der Waals surface area contributed by atoms with Crippen molar-refractivity contribution in [1.29, 1.82) is 0 Å². The van der Waals surface area contributed by atoms with Crippen LogP contribution in [0.1, 0.15) is 13.3 Å². The number of aromatic hydroxyl groups is 1. The van der Waals surface area contributed by atoms with Crippen molar-refractivity contribution in [2.75, 3.05) is 6.61 Å². The molecule has 1 aromatic carbocycles. The van der Waals surface area contributed by atoms with E-state index in [1.807, 2.05) is 0 Å².